The molecular formula is C19H23F3N6O2. The van der Waals surface area contributed by atoms with Gasteiger partial charge in [0.15, 0.2) is 5.65 Å². The summed E-state index contributed by atoms with van der Waals surface area (Å²) in [6.45, 7) is 2.29. The molecule has 1 aliphatic heterocycles. The number of nitrogens with one attached hydrogen (secondary N) is 2. The first kappa shape index (κ1) is 21.8. The molecule has 1 atom stereocenters. The minimum Gasteiger partial charge on any atom is -0.481 e. The Morgan fingerprint density at radius 3 is 2.80 bits per heavy atom. The number of aromatic nitrogens is 4. The monoisotopic (exact) mass is 424 g/mol. The molecule has 0 spiro atoms. The van der Waals surface area contributed by atoms with Gasteiger partial charge in [-0.3, -0.25) is 4.79 Å². The normalized spacial score (nSPS) is 17.1. The number of aromatic amines is 1. The van der Waals surface area contributed by atoms with Crippen molar-refractivity contribution in [2.45, 2.75) is 25.9 Å². The van der Waals surface area contributed by atoms with Crippen LogP contribution >= 0.6 is 0 Å². The number of halogens is 3. The zero-order chi connectivity index (χ0) is 21.9. The smallest absolute Gasteiger partial charge is 0.401 e. The summed E-state index contributed by atoms with van der Waals surface area (Å²) in [5.74, 6) is 0.522. The molecule has 0 radical (unpaired) electrons. The van der Waals surface area contributed by atoms with Crippen LogP contribution in [0.1, 0.15) is 18.7 Å². The summed E-state index contributed by atoms with van der Waals surface area (Å²) in [6, 6.07) is 1.93. The Hall–Kier alpha value is -2.95. The van der Waals surface area contributed by atoms with Crippen molar-refractivity contribution in [3.05, 3.63) is 24.3 Å². The summed E-state index contributed by atoms with van der Waals surface area (Å²) in [6.07, 6.45) is 1.01. The number of aliphatic carboxylic acids is 1. The average Bonchev–Trinajstić information content (AvgIpc) is 3.15. The summed E-state index contributed by atoms with van der Waals surface area (Å²) >= 11 is 0. The molecule has 30 heavy (non-hydrogen) atoms. The summed E-state index contributed by atoms with van der Waals surface area (Å²) < 4.78 is 33.0. The number of piperidine rings is 1. The molecule has 0 amide bonds. The predicted octanol–water partition coefficient (Wildman–Crippen LogP) is 2.88. The SMILES string of the molecule is CNCC(F)(F)F.Cc1nc(N2CCCC(C(=O)O)C2)c2c(cnc3nccc32)[nH]1. The lowest BCUT2D eigenvalue weighted by molar-refractivity contribution is -0.142. The molecule has 1 saturated heterocycles. The van der Waals surface area contributed by atoms with Gasteiger partial charge in [-0.15, -0.1) is 0 Å². The van der Waals surface area contributed by atoms with E-state index in [0.717, 1.165) is 47.3 Å². The third kappa shape index (κ3) is 4.96. The van der Waals surface area contributed by atoms with Gasteiger partial charge in [0.05, 0.1) is 29.6 Å². The molecule has 162 valence electrons. The Labute approximate surface area is 170 Å². The number of carboxylic acid groups (broad SMARTS) is 1. The fourth-order valence-corrected chi connectivity index (χ4v) is 3.53. The molecule has 1 unspecified atom stereocenters. The van der Waals surface area contributed by atoms with E-state index < -0.39 is 18.7 Å². The minimum absolute atomic E-state index is 0.347. The van der Waals surface area contributed by atoms with Crippen molar-refractivity contribution < 1.29 is 23.1 Å². The van der Waals surface area contributed by atoms with Crippen molar-refractivity contribution in [2.24, 2.45) is 5.92 Å². The van der Waals surface area contributed by atoms with Gasteiger partial charge in [0.2, 0.25) is 0 Å². The van der Waals surface area contributed by atoms with Gasteiger partial charge in [-0.1, -0.05) is 0 Å². The van der Waals surface area contributed by atoms with Gasteiger partial charge in [-0.25, -0.2) is 15.0 Å². The van der Waals surface area contributed by atoms with Crippen LogP contribution in [0, 0.1) is 12.8 Å². The van der Waals surface area contributed by atoms with Crippen LogP contribution in [0.4, 0.5) is 19.0 Å². The lowest BCUT2D eigenvalue weighted by Crippen LogP contribution is -2.39. The maximum Gasteiger partial charge on any atom is 0.401 e. The number of pyridine rings is 1. The molecule has 4 heterocycles. The van der Waals surface area contributed by atoms with E-state index in [1.54, 1.807) is 12.4 Å². The highest BCUT2D eigenvalue weighted by molar-refractivity contribution is 6.09. The van der Waals surface area contributed by atoms with Gasteiger partial charge in [0, 0.05) is 24.7 Å². The number of carboxylic acids is 1. The fraction of sp³-hybridized carbons (Fsp3) is 0.474. The highest BCUT2D eigenvalue weighted by atomic mass is 19.4. The second-order valence-corrected chi connectivity index (χ2v) is 7.14. The zero-order valence-electron chi connectivity index (χ0n) is 16.6. The fourth-order valence-electron chi connectivity index (χ4n) is 3.53. The number of fused-ring (bicyclic) bond motifs is 3. The van der Waals surface area contributed by atoms with E-state index in [4.69, 9.17) is 0 Å². The van der Waals surface area contributed by atoms with Gasteiger partial charge < -0.3 is 20.3 Å². The summed E-state index contributed by atoms with van der Waals surface area (Å²) in [5.41, 5.74) is 1.58. The van der Waals surface area contributed by atoms with E-state index in [-0.39, 0.29) is 5.92 Å². The molecule has 1 aliphatic rings. The lowest BCUT2D eigenvalue weighted by Gasteiger charge is -2.32. The van der Waals surface area contributed by atoms with Crippen molar-refractivity contribution in [1.29, 1.82) is 0 Å². The molecule has 8 nitrogen and oxygen atoms in total. The van der Waals surface area contributed by atoms with Crippen molar-refractivity contribution in [2.75, 3.05) is 31.6 Å². The standard InChI is InChI=1S/C16H17N5O2.C3H6F3N/c1-9-19-12-7-18-14-11(4-5-17-14)13(12)15(20-9)21-6-2-3-10(8-21)16(22)23;1-7-2-3(4,5)6/h4-5,7,10H,2-3,6,8H2,1H3,(H,19,20)(H,22,23);7H,2H2,1H3. The van der Waals surface area contributed by atoms with E-state index in [1.165, 1.54) is 7.05 Å². The molecular weight excluding hydrogens is 401 g/mol. The number of anilines is 1. The number of carbonyl (C=O) groups is 1. The molecule has 4 rings (SSSR count). The highest BCUT2D eigenvalue weighted by Gasteiger charge is 2.28. The Morgan fingerprint density at radius 1 is 1.40 bits per heavy atom. The number of alkyl halides is 3. The Kier molecular flexibility index (Phi) is 6.40. The van der Waals surface area contributed by atoms with Gasteiger partial charge in [0.25, 0.3) is 0 Å². The molecule has 0 aromatic carbocycles. The first-order valence-electron chi connectivity index (χ1n) is 9.48. The van der Waals surface area contributed by atoms with Crippen LogP contribution in [0.5, 0.6) is 0 Å². The molecule has 0 aliphatic carbocycles. The van der Waals surface area contributed by atoms with E-state index in [9.17, 15) is 23.1 Å². The van der Waals surface area contributed by atoms with Crippen molar-refractivity contribution in [3.8, 4) is 0 Å². The van der Waals surface area contributed by atoms with Gasteiger partial charge in [-0.05, 0) is 32.9 Å². The molecule has 0 bridgehead atoms. The number of hydrogen-bond acceptors (Lipinski definition) is 6. The van der Waals surface area contributed by atoms with E-state index >= 15 is 0 Å². The molecule has 3 aromatic rings. The van der Waals surface area contributed by atoms with Gasteiger partial charge in [-0.2, -0.15) is 13.2 Å². The van der Waals surface area contributed by atoms with Crippen LogP contribution < -0.4 is 10.2 Å². The van der Waals surface area contributed by atoms with Gasteiger partial charge >= 0.3 is 12.1 Å². The van der Waals surface area contributed by atoms with E-state index in [2.05, 4.69) is 24.8 Å². The first-order valence-corrected chi connectivity index (χ1v) is 9.48. The molecule has 3 aromatic heterocycles. The summed E-state index contributed by atoms with van der Waals surface area (Å²) in [5, 5.41) is 13.2. The lowest BCUT2D eigenvalue weighted by atomic mass is 9.98. The Balaban J connectivity index is 0.000000318. The maximum absolute atomic E-state index is 11.4. The number of aryl methyl sites for hydroxylation is 1. The van der Waals surface area contributed by atoms with Crippen LogP contribution in [-0.2, 0) is 4.79 Å². The number of nitrogens with zero attached hydrogens (tertiary/aromatic N) is 4. The van der Waals surface area contributed by atoms with Gasteiger partial charge in [0.1, 0.15) is 11.6 Å². The largest absolute Gasteiger partial charge is 0.481 e. The van der Waals surface area contributed by atoms with Crippen molar-refractivity contribution in [1.82, 2.24) is 25.3 Å². The topological polar surface area (TPSA) is 107 Å². The van der Waals surface area contributed by atoms with E-state index in [1.807, 2.05) is 18.3 Å². The van der Waals surface area contributed by atoms with Crippen LogP contribution in [0.3, 0.4) is 0 Å². The second kappa shape index (κ2) is 8.82. The highest BCUT2D eigenvalue weighted by Crippen LogP contribution is 2.32. The average molecular weight is 424 g/mol. The van der Waals surface area contributed by atoms with Crippen molar-refractivity contribution >= 4 is 33.7 Å². The molecule has 3 N–H and O–H groups in total. The number of hydrogen-bond donors (Lipinski definition) is 3. The van der Waals surface area contributed by atoms with Crippen molar-refractivity contribution in [3.63, 3.8) is 0 Å². The Morgan fingerprint density at radius 2 is 2.17 bits per heavy atom. The third-order valence-electron chi connectivity index (χ3n) is 4.79. The molecule has 1 fully saturated rings. The quantitative estimate of drug-likeness (QED) is 0.593. The molecule has 11 heteroatoms. The third-order valence-corrected chi connectivity index (χ3v) is 4.79. The molecule has 0 saturated carbocycles. The maximum atomic E-state index is 11.4. The van der Waals surface area contributed by atoms with Crippen LogP contribution in [0.2, 0.25) is 0 Å². The minimum atomic E-state index is -4.06. The summed E-state index contributed by atoms with van der Waals surface area (Å²) in [4.78, 5) is 30.0. The van der Waals surface area contributed by atoms with Crippen LogP contribution in [0.25, 0.3) is 21.9 Å². The number of H-pyrrole nitrogens is 1. The number of rotatable bonds is 3. The van der Waals surface area contributed by atoms with E-state index in [0.29, 0.717) is 12.2 Å². The van der Waals surface area contributed by atoms with Crippen LogP contribution in [0.15, 0.2) is 18.5 Å². The zero-order valence-corrected chi connectivity index (χ0v) is 16.6. The summed E-state index contributed by atoms with van der Waals surface area (Å²) in [7, 11) is 1.26. The second-order valence-electron chi connectivity index (χ2n) is 7.14. The Bertz CT molecular complexity index is 1040. The predicted molar refractivity (Wildman–Crippen MR) is 106 cm³/mol. The first-order chi connectivity index (χ1) is 14.2. The van der Waals surface area contributed by atoms with Crippen LogP contribution in [-0.4, -0.2) is 63.9 Å².